The summed E-state index contributed by atoms with van der Waals surface area (Å²) in [5.74, 6) is -1.14. The van der Waals surface area contributed by atoms with E-state index in [-0.39, 0.29) is 22.2 Å². The molecule has 1 heterocycles. The molecule has 0 saturated heterocycles. The van der Waals surface area contributed by atoms with Crippen LogP contribution in [0.4, 0.5) is 4.39 Å². The molecule has 27 heavy (non-hydrogen) atoms. The number of para-hydroxylation sites is 1. The maximum Gasteiger partial charge on any atom is 0.253 e. The zero-order valence-electron chi connectivity index (χ0n) is 14.3. The highest BCUT2D eigenvalue weighted by Gasteiger charge is 2.23. The van der Waals surface area contributed by atoms with Crippen LogP contribution in [0, 0.1) is 5.82 Å². The van der Waals surface area contributed by atoms with Gasteiger partial charge < -0.3 is 5.32 Å². The van der Waals surface area contributed by atoms with Crippen molar-refractivity contribution in [1.29, 1.82) is 0 Å². The Morgan fingerprint density at radius 3 is 2.70 bits per heavy atom. The van der Waals surface area contributed by atoms with E-state index in [9.17, 15) is 9.18 Å². The van der Waals surface area contributed by atoms with Crippen LogP contribution in [0.25, 0.3) is 5.69 Å². The summed E-state index contributed by atoms with van der Waals surface area (Å²) in [6.45, 7) is 0.252. The lowest BCUT2D eigenvalue weighted by molar-refractivity contribution is 0.0950. The Labute approximate surface area is 165 Å². The van der Waals surface area contributed by atoms with Crippen LogP contribution in [-0.4, -0.2) is 15.7 Å². The van der Waals surface area contributed by atoms with Gasteiger partial charge in [-0.05, 0) is 49.1 Å². The number of aromatic nitrogens is 2. The number of hydrogen-bond donors (Lipinski definition) is 1. The van der Waals surface area contributed by atoms with Crippen LogP contribution >= 0.6 is 23.2 Å². The lowest BCUT2D eigenvalue weighted by atomic mass is 10.1. The van der Waals surface area contributed by atoms with Gasteiger partial charge in [-0.1, -0.05) is 41.4 Å². The van der Waals surface area contributed by atoms with Crippen molar-refractivity contribution in [1.82, 2.24) is 15.1 Å². The monoisotopic (exact) mass is 403 g/mol. The largest absolute Gasteiger partial charge is 0.346 e. The number of hydrogen-bond acceptors (Lipinski definition) is 2. The van der Waals surface area contributed by atoms with E-state index in [1.807, 2.05) is 35.0 Å². The fourth-order valence-electron chi connectivity index (χ4n) is 3.39. The number of benzene rings is 2. The molecule has 7 heteroatoms. The zero-order chi connectivity index (χ0) is 19.0. The Kier molecular flexibility index (Phi) is 4.89. The summed E-state index contributed by atoms with van der Waals surface area (Å²) in [6.07, 6.45) is 2.96. The second-order valence-electron chi connectivity index (χ2n) is 6.40. The van der Waals surface area contributed by atoms with Crippen LogP contribution in [0.5, 0.6) is 0 Å². The third kappa shape index (κ3) is 3.45. The molecule has 1 N–H and O–H groups in total. The SMILES string of the molecule is O=C(NCc1nn(-c2ccccc2)c2c1CCC2)c1cc(F)c(Cl)cc1Cl. The summed E-state index contributed by atoms with van der Waals surface area (Å²) in [5.41, 5.74) is 4.23. The highest BCUT2D eigenvalue weighted by molar-refractivity contribution is 6.36. The first-order valence-corrected chi connectivity index (χ1v) is 9.38. The number of halogens is 3. The molecule has 4 nitrogen and oxygen atoms in total. The van der Waals surface area contributed by atoms with Gasteiger partial charge in [-0.2, -0.15) is 5.10 Å². The molecule has 0 aliphatic heterocycles. The summed E-state index contributed by atoms with van der Waals surface area (Å²) in [5, 5.41) is 7.48. The second-order valence-corrected chi connectivity index (χ2v) is 7.22. The van der Waals surface area contributed by atoms with E-state index >= 15 is 0 Å². The van der Waals surface area contributed by atoms with Gasteiger partial charge in [0.25, 0.3) is 5.91 Å². The van der Waals surface area contributed by atoms with Crippen molar-refractivity contribution in [2.45, 2.75) is 25.8 Å². The van der Waals surface area contributed by atoms with Gasteiger partial charge in [-0.25, -0.2) is 9.07 Å². The summed E-state index contributed by atoms with van der Waals surface area (Å²) in [7, 11) is 0. The average molecular weight is 404 g/mol. The normalized spacial score (nSPS) is 12.9. The van der Waals surface area contributed by atoms with Gasteiger partial charge in [0.2, 0.25) is 0 Å². The molecule has 1 amide bonds. The average Bonchev–Trinajstić information content (AvgIpc) is 3.26. The van der Waals surface area contributed by atoms with Gasteiger partial charge in [0, 0.05) is 5.69 Å². The minimum absolute atomic E-state index is 0.0534. The second kappa shape index (κ2) is 7.33. The Morgan fingerprint density at radius 2 is 1.93 bits per heavy atom. The minimum atomic E-state index is -0.680. The molecule has 3 aromatic rings. The molecule has 138 valence electrons. The molecule has 0 spiro atoms. The first kappa shape index (κ1) is 18.0. The van der Waals surface area contributed by atoms with E-state index in [1.165, 1.54) is 17.3 Å². The predicted molar refractivity (Wildman–Crippen MR) is 103 cm³/mol. The maximum absolute atomic E-state index is 13.7. The maximum atomic E-state index is 13.7. The van der Waals surface area contributed by atoms with E-state index in [0.717, 1.165) is 36.7 Å². The molecule has 0 unspecified atom stereocenters. The standard InChI is InChI=1S/C20H16Cl2FN3O/c21-15-10-16(22)17(23)9-14(15)20(27)24-11-18-13-7-4-8-19(13)26(25-18)12-5-2-1-3-6-12/h1-3,5-6,9-10H,4,7-8,11H2,(H,24,27). The smallest absolute Gasteiger partial charge is 0.253 e. The Bertz CT molecular complexity index is 1020. The van der Waals surface area contributed by atoms with Crippen molar-refractivity contribution >= 4 is 29.1 Å². The molecular weight excluding hydrogens is 388 g/mol. The van der Waals surface area contributed by atoms with Gasteiger partial charge >= 0.3 is 0 Å². The Hall–Kier alpha value is -2.37. The number of nitrogens with one attached hydrogen (secondary N) is 1. The van der Waals surface area contributed by atoms with Crippen LogP contribution in [-0.2, 0) is 19.4 Å². The molecule has 0 atom stereocenters. The van der Waals surface area contributed by atoms with Crippen LogP contribution in [0.2, 0.25) is 10.0 Å². The first-order chi connectivity index (χ1) is 13.0. The highest BCUT2D eigenvalue weighted by atomic mass is 35.5. The number of amides is 1. The molecule has 0 radical (unpaired) electrons. The lowest BCUT2D eigenvalue weighted by Crippen LogP contribution is -2.24. The molecule has 0 bridgehead atoms. The van der Waals surface area contributed by atoms with Gasteiger partial charge in [-0.3, -0.25) is 4.79 Å². The van der Waals surface area contributed by atoms with Gasteiger partial charge in [-0.15, -0.1) is 0 Å². The van der Waals surface area contributed by atoms with Gasteiger partial charge in [0.05, 0.1) is 33.5 Å². The van der Waals surface area contributed by atoms with Crippen LogP contribution in [0.3, 0.4) is 0 Å². The third-order valence-electron chi connectivity index (χ3n) is 4.69. The highest BCUT2D eigenvalue weighted by Crippen LogP contribution is 2.28. The molecule has 4 rings (SSSR count). The summed E-state index contributed by atoms with van der Waals surface area (Å²) in [4.78, 5) is 12.4. The topological polar surface area (TPSA) is 46.9 Å². The van der Waals surface area contributed by atoms with E-state index in [2.05, 4.69) is 5.32 Å². The summed E-state index contributed by atoms with van der Waals surface area (Å²) < 4.78 is 15.6. The fraction of sp³-hybridized carbons (Fsp3) is 0.200. The minimum Gasteiger partial charge on any atom is -0.346 e. The summed E-state index contributed by atoms with van der Waals surface area (Å²) >= 11 is 11.7. The van der Waals surface area contributed by atoms with Gasteiger partial charge in [0.15, 0.2) is 0 Å². The van der Waals surface area contributed by atoms with Crippen molar-refractivity contribution in [2.75, 3.05) is 0 Å². The van der Waals surface area contributed by atoms with Crippen molar-refractivity contribution in [3.8, 4) is 5.69 Å². The Balaban J connectivity index is 1.57. The lowest BCUT2D eigenvalue weighted by Gasteiger charge is -2.07. The van der Waals surface area contributed by atoms with Crippen molar-refractivity contribution in [3.63, 3.8) is 0 Å². The molecule has 1 aromatic heterocycles. The van der Waals surface area contributed by atoms with Crippen LogP contribution in [0.15, 0.2) is 42.5 Å². The van der Waals surface area contributed by atoms with Crippen molar-refractivity contribution in [2.24, 2.45) is 0 Å². The van der Waals surface area contributed by atoms with Crippen molar-refractivity contribution < 1.29 is 9.18 Å². The van der Waals surface area contributed by atoms with Crippen molar-refractivity contribution in [3.05, 3.63) is 80.8 Å². The van der Waals surface area contributed by atoms with Gasteiger partial charge in [0.1, 0.15) is 5.82 Å². The van der Waals surface area contributed by atoms with E-state index < -0.39 is 11.7 Å². The molecule has 0 fully saturated rings. The van der Waals surface area contributed by atoms with E-state index in [1.54, 1.807) is 0 Å². The first-order valence-electron chi connectivity index (χ1n) is 8.62. The van der Waals surface area contributed by atoms with E-state index in [4.69, 9.17) is 28.3 Å². The molecule has 0 saturated carbocycles. The van der Waals surface area contributed by atoms with E-state index in [0.29, 0.717) is 0 Å². The number of carbonyl (C=O) groups is 1. The number of rotatable bonds is 4. The number of fused-ring (bicyclic) bond motifs is 1. The number of carbonyl (C=O) groups excluding carboxylic acids is 1. The molecule has 1 aliphatic rings. The zero-order valence-corrected chi connectivity index (χ0v) is 15.8. The molecule has 2 aromatic carbocycles. The van der Waals surface area contributed by atoms with Crippen LogP contribution < -0.4 is 5.32 Å². The summed E-state index contributed by atoms with van der Waals surface area (Å²) in [6, 6.07) is 12.2. The number of nitrogens with zero attached hydrogens (tertiary/aromatic N) is 2. The fourth-order valence-corrected chi connectivity index (χ4v) is 3.86. The quantitative estimate of drug-likeness (QED) is 0.639. The molecular formula is C20H16Cl2FN3O. The predicted octanol–water partition coefficient (Wildman–Crippen LogP) is 4.74. The van der Waals surface area contributed by atoms with Crippen LogP contribution in [0.1, 0.15) is 33.7 Å². The molecule has 1 aliphatic carbocycles. The Morgan fingerprint density at radius 1 is 1.15 bits per heavy atom. The third-order valence-corrected chi connectivity index (χ3v) is 5.29.